The zero-order chi connectivity index (χ0) is 21.2. The number of unbranched alkanes of at least 4 members (excludes halogenated alkanes) is 4. The third kappa shape index (κ3) is 6.41. The molecule has 0 aliphatic carbocycles. The van der Waals surface area contributed by atoms with E-state index in [0.29, 0.717) is 17.9 Å². The Morgan fingerprint density at radius 1 is 0.900 bits per heavy atom. The van der Waals surface area contributed by atoms with Crippen molar-refractivity contribution in [3.63, 3.8) is 0 Å². The molecule has 156 valence electrons. The molecule has 5 heteroatoms. The van der Waals surface area contributed by atoms with Gasteiger partial charge in [-0.3, -0.25) is 4.79 Å². The van der Waals surface area contributed by atoms with Crippen LogP contribution in [0.1, 0.15) is 54.9 Å². The second kappa shape index (κ2) is 11.1. The molecule has 0 atom stereocenters. The van der Waals surface area contributed by atoms with Crippen LogP contribution >= 0.6 is 0 Å². The minimum Gasteiger partial charge on any atom is -0.352 e. The number of carbonyl (C=O) groups excluding carboxylic acids is 1. The van der Waals surface area contributed by atoms with E-state index in [9.17, 15) is 4.79 Å². The molecule has 0 aliphatic heterocycles. The number of nitrogens with one attached hydrogen (secondary N) is 2. The molecule has 2 aromatic carbocycles. The van der Waals surface area contributed by atoms with Crippen LogP contribution in [0.3, 0.4) is 0 Å². The monoisotopic (exact) mass is 402 g/mol. The van der Waals surface area contributed by atoms with E-state index in [0.717, 1.165) is 29.8 Å². The SMILES string of the molecule is CCCCCCCNC(=O)c1cccc(Nc2ccc(-c3ccc(C)cc3)nn2)c1. The van der Waals surface area contributed by atoms with E-state index in [1.165, 1.54) is 24.8 Å². The minimum absolute atomic E-state index is 0.0463. The molecule has 2 N–H and O–H groups in total. The molecule has 1 aromatic heterocycles. The Kier molecular flexibility index (Phi) is 7.95. The quantitative estimate of drug-likeness (QED) is 0.415. The van der Waals surface area contributed by atoms with Gasteiger partial charge in [0, 0.05) is 23.4 Å². The molecule has 0 fully saturated rings. The smallest absolute Gasteiger partial charge is 0.251 e. The van der Waals surface area contributed by atoms with Crippen molar-refractivity contribution < 1.29 is 4.79 Å². The molecule has 1 heterocycles. The van der Waals surface area contributed by atoms with Gasteiger partial charge in [0.1, 0.15) is 0 Å². The summed E-state index contributed by atoms with van der Waals surface area (Å²) in [6.45, 7) is 4.98. The van der Waals surface area contributed by atoms with Gasteiger partial charge < -0.3 is 10.6 Å². The van der Waals surface area contributed by atoms with Crippen molar-refractivity contribution in [1.29, 1.82) is 0 Å². The number of amides is 1. The standard InChI is InChI=1S/C25H30N4O/c1-3-4-5-6-7-17-26-25(30)21-9-8-10-22(18-21)27-24-16-15-23(28-29-24)20-13-11-19(2)12-14-20/h8-16,18H,3-7,17H2,1-2H3,(H,26,30)(H,27,29). The van der Waals surface area contributed by atoms with E-state index >= 15 is 0 Å². The van der Waals surface area contributed by atoms with Crippen molar-refractivity contribution in [3.05, 3.63) is 71.8 Å². The topological polar surface area (TPSA) is 66.9 Å². The van der Waals surface area contributed by atoms with Gasteiger partial charge in [0.25, 0.3) is 5.91 Å². The van der Waals surface area contributed by atoms with Crippen LogP contribution in [0.5, 0.6) is 0 Å². The molecule has 0 bridgehead atoms. The third-order valence-electron chi connectivity index (χ3n) is 4.97. The van der Waals surface area contributed by atoms with Crippen molar-refractivity contribution in [2.45, 2.75) is 46.0 Å². The summed E-state index contributed by atoms with van der Waals surface area (Å²) >= 11 is 0. The van der Waals surface area contributed by atoms with Crippen LogP contribution < -0.4 is 10.6 Å². The predicted molar refractivity (Wildman–Crippen MR) is 123 cm³/mol. The van der Waals surface area contributed by atoms with Crippen molar-refractivity contribution in [2.24, 2.45) is 0 Å². The Hall–Kier alpha value is -3.21. The first-order valence-electron chi connectivity index (χ1n) is 10.7. The Morgan fingerprint density at radius 3 is 2.43 bits per heavy atom. The van der Waals surface area contributed by atoms with Gasteiger partial charge in [0.15, 0.2) is 5.82 Å². The highest BCUT2D eigenvalue weighted by atomic mass is 16.1. The minimum atomic E-state index is -0.0463. The van der Waals surface area contributed by atoms with E-state index in [1.54, 1.807) is 0 Å². The molecule has 0 saturated heterocycles. The van der Waals surface area contributed by atoms with Crippen LogP contribution in [0, 0.1) is 6.92 Å². The molecule has 0 aliphatic rings. The van der Waals surface area contributed by atoms with Crippen LogP contribution in [0.4, 0.5) is 11.5 Å². The van der Waals surface area contributed by atoms with E-state index in [4.69, 9.17) is 0 Å². The maximum absolute atomic E-state index is 12.4. The number of hydrogen-bond donors (Lipinski definition) is 2. The lowest BCUT2D eigenvalue weighted by Gasteiger charge is -2.09. The first-order valence-corrected chi connectivity index (χ1v) is 10.7. The van der Waals surface area contributed by atoms with Gasteiger partial charge in [-0.2, -0.15) is 0 Å². The average molecular weight is 403 g/mol. The summed E-state index contributed by atoms with van der Waals surface area (Å²) < 4.78 is 0. The van der Waals surface area contributed by atoms with Gasteiger partial charge in [-0.25, -0.2) is 0 Å². The summed E-state index contributed by atoms with van der Waals surface area (Å²) in [4.78, 5) is 12.4. The molecule has 1 amide bonds. The van der Waals surface area contributed by atoms with E-state index in [2.05, 4.69) is 46.8 Å². The second-order valence-electron chi connectivity index (χ2n) is 7.55. The van der Waals surface area contributed by atoms with Crippen LogP contribution in [0.25, 0.3) is 11.3 Å². The maximum Gasteiger partial charge on any atom is 0.251 e. The normalized spacial score (nSPS) is 10.6. The fourth-order valence-electron chi connectivity index (χ4n) is 3.20. The van der Waals surface area contributed by atoms with Crippen molar-refractivity contribution in [2.75, 3.05) is 11.9 Å². The largest absolute Gasteiger partial charge is 0.352 e. The number of anilines is 2. The summed E-state index contributed by atoms with van der Waals surface area (Å²) in [6.07, 6.45) is 5.90. The van der Waals surface area contributed by atoms with Crippen LogP contribution in [0.15, 0.2) is 60.7 Å². The molecule has 3 rings (SSSR count). The third-order valence-corrected chi connectivity index (χ3v) is 4.97. The number of aromatic nitrogens is 2. The Balaban J connectivity index is 1.55. The van der Waals surface area contributed by atoms with Crippen LogP contribution in [-0.2, 0) is 0 Å². The molecule has 3 aromatic rings. The van der Waals surface area contributed by atoms with Gasteiger partial charge in [0.05, 0.1) is 5.69 Å². The molecular weight excluding hydrogens is 372 g/mol. The van der Waals surface area contributed by atoms with Gasteiger partial charge in [-0.05, 0) is 43.7 Å². The zero-order valence-electron chi connectivity index (χ0n) is 17.8. The number of nitrogens with zero attached hydrogens (tertiary/aromatic N) is 2. The average Bonchev–Trinajstić information content (AvgIpc) is 2.77. The van der Waals surface area contributed by atoms with Gasteiger partial charge in [-0.1, -0.05) is 68.5 Å². The predicted octanol–water partition coefficient (Wildman–Crippen LogP) is 5.90. The molecule has 30 heavy (non-hydrogen) atoms. The number of benzene rings is 2. The first kappa shape index (κ1) is 21.5. The fourth-order valence-corrected chi connectivity index (χ4v) is 3.20. The highest BCUT2D eigenvalue weighted by molar-refractivity contribution is 5.95. The molecule has 0 unspecified atom stereocenters. The number of hydrogen-bond acceptors (Lipinski definition) is 4. The fraction of sp³-hybridized carbons (Fsp3) is 0.320. The summed E-state index contributed by atoms with van der Waals surface area (Å²) in [5, 5.41) is 14.8. The number of carbonyl (C=O) groups is 1. The summed E-state index contributed by atoms with van der Waals surface area (Å²) in [6, 6.07) is 19.5. The lowest BCUT2D eigenvalue weighted by Crippen LogP contribution is -2.24. The van der Waals surface area contributed by atoms with E-state index in [1.807, 2.05) is 48.5 Å². The number of rotatable bonds is 10. The highest BCUT2D eigenvalue weighted by Crippen LogP contribution is 2.20. The Labute approximate surface area is 178 Å². The lowest BCUT2D eigenvalue weighted by molar-refractivity contribution is 0.0953. The van der Waals surface area contributed by atoms with Crippen molar-refractivity contribution in [3.8, 4) is 11.3 Å². The van der Waals surface area contributed by atoms with E-state index in [-0.39, 0.29) is 5.91 Å². The first-order chi connectivity index (χ1) is 14.7. The zero-order valence-corrected chi connectivity index (χ0v) is 17.8. The molecular formula is C25H30N4O. The molecule has 0 saturated carbocycles. The van der Waals surface area contributed by atoms with Gasteiger partial charge >= 0.3 is 0 Å². The molecule has 0 radical (unpaired) electrons. The highest BCUT2D eigenvalue weighted by Gasteiger charge is 2.07. The maximum atomic E-state index is 12.4. The summed E-state index contributed by atoms with van der Waals surface area (Å²) in [7, 11) is 0. The van der Waals surface area contributed by atoms with Crippen LogP contribution in [0.2, 0.25) is 0 Å². The van der Waals surface area contributed by atoms with Crippen molar-refractivity contribution >= 4 is 17.4 Å². The van der Waals surface area contributed by atoms with Crippen molar-refractivity contribution in [1.82, 2.24) is 15.5 Å². The Bertz CT molecular complexity index is 936. The molecule has 0 spiro atoms. The van der Waals surface area contributed by atoms with E-state index < -0.39 is 0 Å². The Morgan fingerprint density at radius 2 is 1.70 bits per heavy atom. The van der Waals surface area contributed by atoms with Gasteiger partial charge in [0.2, 0.25) is 0 Å². The second-order valence-corrected chi connectivity index (χ2v) is 7.55. The van der Waals surface area contributed by atoms with Gasteiger partial charge in [-0.15, -0.1) is 10.2 Å². The summed E-state index contributed by atoms with van der Waals surface area (Å²) in [5.74, 6) is 0.592. The number of aryl methyl sites for hydroxylation is 1. The van der Waals surface area contributed by atoms with Crippen LogP contribution in [-0.4, -0.2) is 22.6 Å². The summed E-state index contributed by atoms with van der Waals surface area (Å²) in [5.41, 5.74) is 4.52. The lowest BCUT2D eigenvalue weighted by atomic mass is 10.1. The molecule has 5 nitrogen and oxygen atoms in total.